The highest BCUT2D eigenvalue weighted by molar-refractivity contribution is 6.06. The highest BCUT2D eigenvalue weighted by Gasteiger charge is 2.22. The lowest BCUT2D eigenvalue weighted by molar-refractivity contribution is 0.0845. The second-order valence-electron chi connectivity index (χ2n) is 9.10. The van der Waals surface area contributed by atoms with Crippen molar-refractivity contribution in [3.63, 3.8) is 0 Å². The molecule has 0 saturated heterocycles. The predicted octanol–water partition coefficient (Wildman–Crippen LogP) is 4.56. The Balaban J connectivity index is 1.94. The van der Waals surface area contributed by atoms with Crippen molar-refractivity contribution in [3.05, 3.63) is 58.8 Å². The van der Waals surface area contributed by atoms with Crippen molar-refractivity contribution in [2.24, 2.45) is 23.7 Å². The fourth-order valence-corrected chi connectivity index (χ4v) is 3.80. The molecule has 1 atom stereocenters. The van der Waals surface area contributed by atoms with Gasteiger partial charge in [-0.3, -0.25) is 4.99 Å². The van der Waals surface area contributed by atoms with Gasteiger partial charge in [0.05, 0.1) is 30.1 Å². The van der Waals surface area contributed by atoms with Gasteiger partial charge in [-0.05, 0) is 57.5 Å². The third kappa shape index (κ3) is 6.59. The minimum Gasteiger partial charge on any atom is -0.438 e. The van der Waals surface area contributed by atoms with Gasteiger partial charge in [0.15, 0.2) is 5.82 Å². The second kappa shape index (κ2) is 11.8. The second-order valence-corrected chi connectivity index (χ2v) is 9.10. The lowest BCUT2D eigenvalue weighted by Crippen LogP contribution is -2.24. The number of hydrogen-bond acceptors (Lipinski definition) is 7. The summed E-state index contributed by atoms with van der Waals surface area (Å²) in [6.45, 7) is 10.2. The summed E-state index contributed by atoms with van der Waals surface area (Å²) in [4.78, 5) is 6.85. The van der Waals surface area contributed by atoms with E-state index in [0.29, 0.717) is 36.9 Å². The number of nitriles is 1. The zero-order valence-electron chi connectivity index (χ0n) is 21.6. The summed E-state index contributed by atoms with van der Waals surface area (Å²) in [6.07, 6.45) is 4.99. The molecule has 3 rings (SSSR count). The number of rotatable bonds is 10. The van der Waals surface area contributed by atoms with Crippen LogP contribution in [0.15, 0.2) is 52.7 Å². The Hall–Kier alpha value is -3.41. The van der Waals surface area contributed by atoms with Gasteiger partial charge in [-0.2, -0.15) is 10.4 Å². The van der Waals surface area contributed by atoms with Crippen LogP contribution in [0, 0.1) is 17.2 Å². The van der Waals surface area contributed by atoms with Gasteiger partial charge >= 0.3 is 0 Å². The number of nitrogens with zero attached hydrogens (tertiary/aromatic N) is 5. The van der Waals surface area contributed by atoms with Gasteiger partial charge in [-0.25, -0.2) is 4.68 Å². The average Bonchev–Trinajstić information content (AvgIpc) is 3.12. The van der Waals surface area contributed by atoms with Crippen LogP contribution in [0.2, 0.25) is 0 Å². The van der Waals surface area contributed by atoms with Crippen LogP contribution < -0.4 is 15.4 Å². The van der Waals surface area contributed by atoms with Crippen molar-refractivity contribution in [2.45, 2.75) is 40.2 Å². The van der Waals surface area contributed by atoms with E-state index in [1.165, 1.54) is 5.57 Å². The van der Waals surface area contributed by atoms with Crippen LogP contribution in [0.25, 0.3) is 0 Å². The normalized spacial score (nSPS) is 15.7. The molecule has 1 aromatic carbocycles. The van der Waals surface area contributed by atoms with Crippen molar-refractivity contribution in [1.82, 2.24) is 9.78 Å². The van der Waals surface area contributed by atoms with Crippen LogP contribution in [0.4, 0.5) is 5.82 Å². The summed E-state index contributed by atoms with van der Waals surface area (Å²) in [5.74, 6) is 1.99. The van der Waals surface area contributed by atoms with Crippen molar-refractivity contribution in [2.75, 3.05) is 31.6 Å². The maximum absolute atomic E-state index is 9.51. The van der Waals surface area contributed by atoms with Crippen LogP contribution >= 0.6 is 0 Å². The van der Waals surface area contributed by atoms with E-state index in [-0.39, 0.29) is 12.0 Å². The monoisotopic (exact) mass is 476 g/mol. The molecule has 186 valence electrons. The summed E-state index contributed by atoms with van der Waals surface area (Å²) in [6, 6.07) is 9.56. The molecule has 0 saturated carbocycles. The molecule has 8 nitrogen and oxygen atoms in total. The Kier molecular flexibility index (Phi) is 8.85. The Morgan fingerprint density at radius 1 is 1.29 bits per heavy atom. The number of ether oxygens (including phenoxy) is 2. The van der Waals surface area contributed by atoms with E-state index in [1.807, 2.05) is 51.2 Å². The molecule has 1 aliphatic rings. The number of aryl methyl sites for hydroxylation is 1. The molecule has 2 N–H and O–H groups in total. The smallest absolute Gasteiger partial charge is 0.219 e. The molecule has 0 bridgehead atoms. The Morgan fingerprint density at radius 3 is 2.74 bits per heavy atom. The summed E-state index contributed by atoms with van der Waals surface area (Å²) < 4.78 is 13.7. The molecule has 0 aliphatic carbocycles. The van der Waals surface area contributed by atoms with Gasteiger partial charge in [0.1, 0.15) is 5.75 Å². The lowest BCUT2D eigenvalue weighted by Gasteiger charge is -2.18. The standard InChI is InChI=1S/C27H36N6O2/c1-18(2)34-12-11-32(5)25-15-26(33(6)31-25)35-24-14-21(16-29)7-8-23(24)27-20(4)19(3)13-22(9-10-28)17-30-27/h7-8,13-15,17-18,20H,9-12,28H2,1-6H3. The van der Waals surface area contributed by atoms with Crippen molar-refractivity contribution >= 4 is 11.5 Å². The quantitative estimate of drug-likeness (QED) is 0.539. The molecule has 1 aliphatic heterocycles. The first kappa shape index (κ1) is 26.2. The number of aliphatic imine (C=N–C) groups is 1. The van der Waals surface area contributed by atoms with E-state index in [0.717, 1.165) is 29.1 Å². The molecule has 1 unspecified atom stereocenters. The molecule has 8 heteroatoms. The first-order valence-corrected chi connectivity index (χ1v) is 12.0. The number of allylic oxidation sites excluding steroid dienone is 2. The van der Waals surface area contributed by atoms with Crippen LogP contribution in [-0.4, -0.2) is 48.3 Å². The molecular formula is C27H36N6O2. The van der Waals surface area contributed by atoms with Crippen molar-refractivity contribution < 1.29 is 9.47 Å². The number of aromatic nitrogens is 2. The van der Waals surface area contributed by atoms with Gasteiger partial charge in [0, 0.05) is 44.4 Å². The molecule has 2 heterocycles. The number of anilines is 1. The SMILES string of the molecule is CC1=CC(CCN)=CN=C(c2ccc(C#N)cc2Oc2cc(N(C)CCOC(C)C)nn2C)C1C. The predicted molar refractivity (Wildman–Crippen MR) is 140 cm³/mol. The van der Waals surface area contributed by atoms with Gasteiger partial charge in [0.2, 0.25) is 5.88 Å². The van der Waals surface area contributed by atoms with Crippen LogP contribution in [-0.2, 0) is 11.8 Å². The summed E-state index contributed by atoms with van der Waals surface area (Å²) in [5.41, 5.74) is 10.3. The molecule has 0 amide bonds. The number of likely N-dealkylation sites (N-methyl/N-ethyl adjacent to an activating group) is 1. The van der Waals surface area contributed by atoms with Crippen molar-refractivity contribution in [1.29, 1.82) is 5.26 Å². The fourth-order valence-electron chi connectivity index (χ4n) is 3.80. The first-order valence-electron chi connectivity index (χ1n) is 12.0. The van der Waals surface area contributed by atoms with E-state index in [1.54, 1.807) is 16.8 Å². The molecule has 0 radical (unpaired) electrons. The zero-order chi connectivity index (χ0) is 25.5. The largest absolute Gasteiger partial charge is 0.438 e. The first-order chi connectivity index (χ1) is 16.7. The van der Waals surface area contributed by atoms with Crippen molar-refractivity contribution in [3.8, 4) is 17.7 Å². The Morgan fingerprint density at radius 2 is 2.06 bits per heavy atom. The number of nitrogens with two attached hydrogens (primary N) is 1. The Bertz CT molecular complexity index is 1170. The van der Waals surface area contributed by atoms with E-state index < -0.39 is 0 Å². The molecule has 35 heavy (non-hydrogen) atoms. The van der Waals surface area contributed by atoms with E-state index >= 15 is 0 Å². The molecule has 2 aromatic rings. The van der Waals surface area contributed by atoms with E-state index in [2.05, 4.69) is 31.1 Å². The van der Waals surface area contributed by atoms with Gasteiger partial charge < -0.3 is 20.1 Å². The maximum atomic E-state index is 9.51. The average molecular weight is 477 g/mol. The fraction of sp³-hybridized carbons (Fsp3) is 0.444. The van der Waals surface area contributed by atoms with Crippen LogP contribution in [0.1, 0.15) is 45.2 Å². The molecule has 0 spiro atoms. The van der Waals surface area contributed by atoms with Crippen LogP contribution in [0.5, 0.6) is 11.6 Å². The maximum Gasteiger partial charge on any atom is 0.219 e. The third-order valence-electron chi connectivity index (χ3n) is 6.00. The number of benzene rings is 1. The zero-order valence-corrected chi connectivity index (χ0v) is 21.6. The van der Waals surface area contributed by atoms with E-state index in [4.69, 9.17) is 20.2 Å². The summed E-state index contributed by atoms with van der Waals surface area (Å²) >= 11 is 0. The molecule has 0 fully saturated rings. The summed E-state index contributed by atoms with van der Waals surface area (Å²) in [7, 11) is 3.81. The van der Waals surface area contributed by atoms with Gasteiger partial charge in [-0.1, -0.05) is 18.6 Å². The summed E-state index contributed by atoms with van der Waals surface area (Å²) in [5, 5.41) is 14.1. The Labute approximate surface area is 208 Å². The minimum absolute atomic E-state index is 0.0750. The third-order valence-corrected chi connectivity index (χ3v) is 6.00. The van der Waals surface area contributed by atoms with Gasteiger partial charge in [0.25, 0.3) is 0 Å². The minimum atomic E-state index is 0.0750. The van der Waals surface area contributed by atoms with E-state index in [9.17, 15) is 5.26 Å². The molecular weight excluding hydrogens is 440 g/mol. The van der Waals surface area contributed by atoms with Crippen LogP contribution in [0.3, 0.4) is 0 Å². The van der Waals surface area contributed by atoms with Gasteiger partial charge in [-0.15, -0.1) is 0 Å². The topological polar surface area (TPSA) is 102 Å². The molecule has 1 aromatic heterocycles. The number of hydrogen-bond donors (Lipinski definition) is 1. The highest BCUT2D eigenvalue weighted by Crippen LogP contribution is 2.33. The lowest BCUT2D eigenvalue weighted by atomic mass is 9.90. The highest BCUT2D eigenvalue weighted by atomic mass is 16.5.